The Balaban J connectivity index is 0.000000240. The van der Waals surface area contributed by atoms with Crippen molar-refractivity contribution in [1.29, 1.82) is 0 Å². The van der Waals surface area contributed by atoms with Gasteiger partial charge in [0.15, 0.2) is 12.2 Å². The first kappa shape index (κ1) is 25.8. The molecule has 3 aromatic rings. The molecule has 0 atom stereocenters. The largest absolute Gasteiger partial charge is 0.465 e. The Morgan fingerprint density at radius 2 is 1.65 bits per heavy atom. The Bertz CT molecular complexity index is 1220. The first-order valence-corrected chi connectivity index (χ1v) is 9.95. The molecule has 0 bridgehead atoms. The fourth-order valence-electron chi connectivity index (χ4n) is 3.05. The topological polar surface area (TPSA) is 151 Å². The molecule has 0 fully saturated rings. The van der Waals surface area contributed by atoms with E-state index in [1.807, 2.05) is 6.92 Å². The molecular formula is C24H25N3O7. The summed E-state index contributed by atoms with van der Waals surface area (Å²) < 4.78 is 14.5. The molecule has 34 heavy (non-hydrogen) atoms. The zero-order valence-electron chi connectivity index (χ0n) is 19.4. The van der Waals surface area contributed by atoms with Crippen LogP contribution in [0, 0.1) is 13.8 Å². The normalized spacial score (nSPS) is 9.91. The number of hydrogen-bond acceptors (Lipinski definition) is 9. The van der Waals surface area contributed by atoms with Gasteiger partial charge in [0.05, 0.1) is 37.2 Å². The van der Waals surface area contributed by atoms with Gasteiger partial charge in [0, 0.05) is 23.7 Å². The number of hydrogen-bond donors (Lipinski definition) is 2. The fourth-order valence-corrected chi connectivity index (χ4v) is 3.05. The van der Waals surface area contributed by atoms with Crippen LogP contribution in [-0.4, -0.2) is 43.3 Å². The molecule has 10 nitrogen and oxygen atoms in total. The van der Waals surface area contributed by atoms with E-state index >= 15 is 0 Å². The predicted octanol–water partition coefficient (Wildman–Crippen LogP) is 3.57. The van der Waals surface area contributed by atoms with Gasteiger partial charge in [-0.3, -0.25) is 9.59 Å². The Morgan fingerprint density at radius 1 is 1.00 bits per heavy atom. The number of carbonyl (C=O) groups is 4. The number of benzene rings is 2. The molecule has 0 saturated heterocycles. The van der Waals surface area contributed by atoms with Gasteiger partial charge in [0.1, 0.15) is 6.29 Å². The van der Waals surface area contributed by atoms with Gasteiger partial charge in [-0.15, -0.1) is 0 Å². The van der Waals surface area contributed by atoms with Crippen molar-refractivity contribution < 1.29 is 33.1 Å². The van der Waals surface area contributed by atoms with Crippen molar-refractivity contribution in [2.45, 2.75) is 20.8 Å². The Labute approximate surface area is 196 Å². The highest BCUT2D eigenvalue weighted by atomic mass is 16.5. The number of oxazole rings is 1. The first-order valence-electron chi connectivity index (χ1n) is 9.95. The number of carbonyl (C=O) groups excluding carboxylic acids is 4. The zero-order chi connectivity index (χ0) is 25.4. The van der Waals surface area contributed by atoms with Gasteiger partial charge in [0.2, 0.25) is 5.91 Å². The molecule has 0 aliphatic rings. The van der Waals surface area contributed by atoms with Crippen molar-refractivity contribution in [2.24, 2.45) is 0 Å². The summed E-state index contributed by atoms with van der Waals surface area (Å²) in [4.78, 5) is 48.7. The second-order valence-corrected chi connectivity index (χ2v) is 7.16. The van der Waals surface area contributed by atoms with E-state index in [-0.39, 0.29) is 11.5 Å². The molecule has 1 heterocycles. The number of esters is 2. The smallest absolute Gasteiger partial charge is 0.339 e. The van der Waals surface area contributed by atoms with E-state index in [0.717, 1.165) is 11.1 Å². The molecule has 2 aromatic carbocycles. The van der Waals surface area contributed by atoms with Crippen LogP contribution in [0.2, 0.25) is 0 Å². The monoisotopic (exact) mass is 467 g/mol. The lowest BCUT2D eigenvalue weighted by Crippen LogP contribution is -2.13. The minimum atomic E-state index is -0.600. The number of amides is 1. The molecule has 0 aliphatic heterocycles. The Morgan fingerprint density at radius 3 is 2.18 bits per heavy atom. The molecule has 1 amide bonds. The Kier molecular flexibility index (Phi) is 8.66. The van der Waals surface area contributed by atoms with E-state index in [1.54, 1.807) is 31.3 Å². The Hall–Kier alpha value is -4.47. The molecule has 3 rings (SSSR count). The number of nitrogens with one attached hydrogen (secondary N) is 1. The lowest BCUT2D eigenvalue weighted by molar-refractivity contribution is -0.114. The van der Waals surface area contributed by atoms with Crippen molar-refractivity contribution >= 4 is 35.5 Å². The number of nitrogens with two attached hydrogens (primary N) is 1. The number of nitrogens with zero attached hydrogens (tertiary/aromatic N) is 1. The SMILES string of the molecule is COC(=O)c1cc(-c2cnco2)c(C)cc1N.COC(=O)c1cc(C=O)c(C)cc1NC(C)=O. The summed E-state index contributed by atoms with van der Waals surface area (Å²) in [5, 5.41) is 2.53. The van der Waals surface area contributed by atoms with E-state index in [2.05, 4.69) is 19.8 Å². The predicted molar refractivity (Wildman–Crippen MR) is 125 cm³/mol. The maximum absolute atomic E-state index is 11.5. The van der Waals surface area contributed by atoms with Crippen LogP contribution in [0.15, 0.2) is 41.3 Å². The second kappa shape index (κ2) is 11.4. The van der Waals surface area contributed by atoms with E-state index in [1.165, 1.54) is 33.6 Å². The minimum Gasteiger partial charge on any atom is -0.465 e. The minimum absolute atomic E-state index is 0.162. The van der Waals surface area contributed by atoms with Crippen LogP contribution in [0.5, 0.6) is 0 Å². The van der Waals surface area contributed by atoms with Crippen LogP contribution < -0.4 is 11.1 Å². The van der Waals surface area contributed by atoms with E-state index in [0.29, 0.717) is 40.1 Å². The van der Waals surface area contributed by atoms with Crippen LogP contribution in [0.25, 0.3) is 11.3 Å². The first-order chi connectivity index (χ1) is 16.1. The van der Waals surface area contributed by atoms with Crippen LogP contribution in [0.4, 0.5) is 11.4 Å². The maximum Gasteiger partial charge on any atom is 0.339 e. The molecule has 0 spiro atoms. The van der Waals surface area contributed by atoms with Crippen LogP contribution in [-0.2, 0) is 14.3 Å². The summed E-state index contributed by atoms with van der Waals surface area (Å²) in [6, 6.07) is 6.33. The van der Waals surface area contributed by atoms with Gasteiger partial charge in [0.25, 0.3) is 0 Å². The van der Waals surface area contributed by atoms with Gasteiger partial charge in [-0.05, 0) is 49.2 Å². The molecule has 0 radical (unpaired) electrons. The van der Waals surface area contributed by atoms with Gasteiger partial charge in [-0.2, -0.15) is 0 Å². The van der Waals surface area contributed by atoms with E-state index in [9.17, 15) is 19.2 Å². The zero-order valence-corrected chi connectivity index (χ0v) is 19.4. The third-order valence-corrected chi connectivity index (χ3v) is 4.75. The molecule has 0 saturated carbocycles. The van der Waals surface area contributed by atoms with Gasteiger partial charge < -0.3 is 24.9 Å². The fraction of sp³-hybridized carbons (Fsp3) is 0.208. The number of aromatic nitrogens is 1. The average molecular weight is 467 g/mol. The highest BCUT2D eigenvalue weighted by molar-refractivity contribution is 6.02. The third-order valence-electron chi connectivity index (χ3n) is 4.75. The highest BCUT2D eigenvalue weighted by Gasteiger charge is 2.16. The van der Waals surface area contributed by atoms with Crippen molar-refractivity contribution in [3.05, 3.63) is 64.7 Å². The lowest BCUT2D eigenvalue weighted by atomic mass is 10.0. The second-order valence-electron chi connectivity index (χ2n) is 7.16. The maximum atomic E-state index is 11.5. The van der Waals surface area contributed by atoms with Crippen molar-refractivity contribution in [3.8, 4) is 11.3 Å². The van der Waals surface area contributed by atoms with E-state index < -0.39 is 11.9 Å². The third kappa shape index (κ3) is 6.06. The van der Waals surface area contributed by atoms with Crippen molar-refractivity contribution in [3.63, 3.8) is 0 Å². The number of anilines is 2. The average Bonchev–Trinajstić information content (AvgIpc) is 3.33. The molecule has 3 N–H and O–H groups in total. The number of ether oxygens (including phenoxy) is 2. The number of rotatable bonds is 5. The van der Waals surface area contributed by atoms with Crippen LogP contribution in [0.1, 0.15) is 49.1 Å². The van der Waals surface area contributed by atoms with Gasteiger partial charge in [-0.1, -0.05) is 0 Å². The summed E-state index contributed by atoms with van der Waals surface area (Å²) in [6.45, 7) is 4.94. The standard InChI is InChI=1S/C12H12N2O3.C12H13NO4/c1-7-3-10(13)9(12(15)16-2)4-8(7)11-5-14-6-17-11;1-7-4-11(13-8(2)15)10(12(16)17-3)5-9(7)6-14/h3-6H,13H2,1-2H3;4-6H,1-3H3,(H,13,15). The van der Waals surface area contributed by atoms with Crippen LogP contribution in [0.3, 0.4) is 0 Å². The molecule has 178 valence electrons. The quantitative estimate of drug-likeness (QED) is 0.326. The van der Waals surface area contributed by atoms with Crippen molar-refractivity contribution in [1.82, 2.24) is 4.98 Å². The van der Waals surface area contributed by atoms with E-state index in [4.69, 9.17) is 10.2 Å². The molecule has 1 aromatic heterocycles. The van der Waals surface area contributed by atoms with Gasteiger partial charge in [-0.25, -0.2) is 14.6 Å². The number of aldehydes is 1. The van der Waals surface area contributed by atoms with Gasteiger partial charge >= 0.3 is 11.9 Å². The molecular weight excluding hydrogens is 442 g/mol. The number of methoxy groups -OCH3 is 2. The summed E-state index contributed by atoms with van der Waals surface area (Å²) >= 11 is 0. The molecule has 10 heteroatoms. The lowest BCUT2D eigenvalue weighted by Gasteiger charge is -2.10. The number of nitrogen functional groups attached to an aromatic ring is 1. The molecule has 0 unspecified atom stereocenters. The summed E-state index contributed by atoms with van der Waals surface area (Å²) in [5.74, 6) is -0.777. The summed E-state index contributed by atoms with van der Waals surface area (Å²) in [5.41, 5.74) is 9.74. The summed E-state index contributed by atoms with van der Waals surface area (Å²) in [6.07, 6.45) is 3.57. The number of aryl methyl sites for hydroxylation is 2. The molecule has 0 aliphatic carbocycles. The van der Waals surface area contributed by atoms with Crippen molar-refractivity contribution in [2.75, 3.05) is 25.3 Å². The summed E-state index contributed by atoms with van der Waals surface area (Å²) in [7, 11) is 2.55. The highest BCUT2D eigenvalue weighted by Crippen LogP contribution is 2.28. The van der Waals surface area contributed by atoms with Crippen LogP contribution >= 0.6 is 0 Å².